The number of hydrogen-bond donors (Lipinski definition) is 2. The van der Waals surface area contributed by atoms with Crippen LogP contribution >= 0.6 is 24.4 Å². The molecule has 2 bridgehead atoms. The predicted octanol–water partition coefficient (Wildman–Crippen LogP) is 1.71. The van der Waals surface area contributed by atoms with E-state index in [0.717, 1.165) is 24.6 Å². The van der Waals surface area contributed by atoms with Crippen molar-refractivity contribution in [3.05, 3.63) is 0 Å². The number of hydrogen-bond acceptors (Lipinski definition) is 4. The lowest BCUT2D eigenvalue weighted by Gasteiger charge is -2.40. The van der Waals surface area contributed by atoms with Gasteiger partial charge in [-0.3, -0.25) is 4.79 Å². The Hall–Kier alpha value is 0.290. The minimum absolute atomic E-state index is 0.281. The van der Waals surface area contributed by atoms with E-state index in [-0.39, 0.29) is 4.45 Å². The molecule has 3 nitrogen and oxygen atoms in total. The summed E-state index contributed by atoms with van der Waals surface area (Å²) in [5.41, 5.74) is 0. The molecule has 0 spiro atoms. The first-order chi connectivity index (χ1) is 6.50. The molecule has 2 atom stereocenters. The molecule has 0 radical (unpaired) electrons. The molecule has 0 saturated carbocycles. The molecule has 2 heterocycles. The third-order valence-electron chi connectivity index (χ3n) is 3.37. The van der Waals surface area contributed by atoms with Crippen LogP contribution < -0.4 is 0 Å². The summed E-state index contributed by atoms with van der Waals surface area (Å²) in [6, 6.07) is 0.887. The molecule has 0 amide bonds. The maximum absolute atomic E-state index is 10.9. The van der Waals surface area contributed by atoms with Gasteiger partial charge in [-0.05, 0) is 31.7 Å². The van der Waals surface area contributed by atoms with Crippen LogP contribution in [-0.4, -0.2) is 38.5 Å². The van der Waals surface area contributed by atoms with Crippen LogP contribution in [0.25, 0.3) is 0 Å². The van der Waals surface area contributed by atoms with E-state index in [1.165, 1.54) is 0 Å². The normalized spacial score (nSPS) is 42.8. The van der Waals surface area contributed by atoms with Gasteiger partial charge in [0.2, 0.25) is 4.45 Å². The topological polar surface area (TPSA) is 40.5 Å². The number of nitrogens with zero attached hydrogens (tertiary/aromatic N) is 1. The molecule has 80 valence electrons. The highest BCUT2D eigenvalue weighted by Crippen LogP contribution is 2.45. The van der Waals surface area contributed by atoms with Crippen LogP contribution in [0.15, 0.2) is 0 Å². The maximum atomic E-state index is 10.9. The Morgan fingerprint density at radius 3 is 2.43 bits per heavy atom. The van der Waals surface area contributed by atoms with Gasteiger partial charge in [0.15, 0.2) is 0 Å². The number of aliphatic hydroxyl groups is 1. The van der Waals surface area contributed by atoms with Crippen molar-refractivity contribution in [2.24, 2.45) is 0 Å². The van der Waals surface area contributed by atoms with Gasteiger partial charge >= 0.3 is 0 Å². The Kier molecular flexibility index (Phi) is 2.85. The molecule has 1 N–H and O–H groups in total. The molecular weight excluding hydrogens is 218 g/mol. The van der Waals surface area contributed by atoms with E-state index in [1.807, 2.05) is 0 Å². The van der Waals surface area contributed by atoms with Crippen molar-refractivity contribution in [3.63, 3.8) is 0 Å². The Morgan fingerprint density at radius 1 is 1.50 bits per heavy atom. The summed E-state index contributed by atoms with van der Waals surface area (Å²) in [7, 11) is 2.11. The molecule has 2 aliphatic heterocycles. The van der Waals surface area contributed by atoms with Gasteiger partial charge in [-0.15, -0.1) is 0 Å². The zero-order valence-corrected chi connectivity index (χ0v) is 9.85. The first-order valence-electron chi connectivity index (χ1n) is 4.86. The highest BCUT2D eigenvalue weighted by atomic mass is 32.2. The van der Waals surface area contributed by atoms with Crippen molar-refractivity contribution in [1.82, 2.24) is 4.90 Å². The van der Waals surface area contributed by atoms with Crippen molar-refractivity contribution in [1.29, 1.82) is 0 Å². The lowest BCUT2D eigenvalue weighted by Crippen LogP contribution is -2.47. The van der Waals surface area contributed by atoms with Gasteiger partial charge < -0.3 is 10.0 Å². The third kappa shape index (κ3) is 1.96. The van der Waals surface area contributed by atoms with Gasteiger partial charge in [0.25, 0.3) is 0 Å². The zero-order valence-electron chi connectivity index (χ0n) is 8.14. The molecule has 5 heteroatoms. The van der Waals surface area contributed by atoms with Crippen molar-refractivity contribution in [2.45, 2.75) is 42.7 Å². The third-order valence-corrected chi connectivity index (χ3v) is 4.53. The predicted molar refractivity (Wildman–Crippen MR) is 60.7 cm³/mol. The summed E-state index contributed by atoms with van der Waals surface area (Å²) < 4.78 is -0.281. The number of thioether (sulfide) groups is 1. The monoisotopic (exact) mass is 233 g/mol. The average Bonchev–Trinajstić information content (AvgIpc) is 2.33. The molecule has 0 aromatic heterocycles. The molecule has 2 fully saturated rings. The fourth-order valence-electron chi connectivity index (χ4n) is 2.65. The smallest absolute Gasteiger partial charge is 0.245 e. The molecule has 2 rings (SSSR count). The van der Waals surface area contributed by atoms with E-state index in [2.05, 4.69) is 24.6 Å². The van der Waals surface area contributed by atoms with Crippen LogP contribution in [0.5, 0.6) is 0 Å². The number of carbonyl (C=O) groups excluding carboxylic acids is 1. The number of carbonyl (C=O) groups is 1. The number of piperidine rings is 1. The Bertz CT molecular complexity index is 245. The summed E-state index contributed by atoms with van der Waals surface area (Å²) in [5.74, 6) is 0. The van der Waals surface area contributed by atoms with Crippen molar-refractivity contribution in [3.8, 4) is 0 Å². The molecule has 2 aliphatic rings. The lowest BCUT2D eigenvalue weighted by atomic mass is 10.00. The lowest BCUT2D eigenvalue weighted by molar-refractivity contribution is 0.0254. The number of fused-ring (bicyclic) bond motifs is 2. The first-order valence-corrected chi connectivity index (χ1v) is 6.13. The van der Waals surface area contributed by atoms with Gasteiger partial charge in [0.05, 0.1) is 0 Å². The van der Waals surface area contributed by atoms with Gasteiger partial charge in [-0.2, -0.15) is 0 Å². The Balaban J connectivity index is 2.07. The molecule has 0 aromatic carbocycles. The van der Waals surface area contributed by atoms with Crippen LogP contribution in [0.2, 0.25) is 0 Å². The minimum Gasteiger partial charge on any atom is -0.379 e. The quantitative estimate of drug-likeness (QED) is 0.534. The molecule has 0 aliphatic carbocycles. The van der Waals surface area contributed by atoms with Crippen LogP contribution in [0.1, 0.15) is 25.7 Å². The van der Waals surface area contributed by atoms with E-state index in [1.54, 1.807) is 0 Å². The fourth-order valence-corrected chi connectivity index (χ4v) is 4.03. The van der Waals surface area contributed by atoms with Crippen LogP contribution in [-0.2, 0) is 0 Å². The number of thiol groups is 1. The fraction of sp³-hybridized carbons (Fsp3) is 0.889. The molecule has 2 saturated heterocycles. The van der Waals surface area contributed by atoms with E-state index in [0.29, 0.717) is 24.9 Å². The van der Waals surface area contributed by atoms with Gasteiger partial charge in [0.1, 0.15) is 4.93 Å². The van der Waals surface area contributed by atoms with E-state index < -0.39 is 4.93 Å². The van der Waals surface area contributed by atoms with Crippen LogP contribution in [0.3, 0.4) is 0 Å². The SMILES string of the molecule is CN1C2CCC1CC(O)(SC(=O)S)C2. The first kappa shape index (κ1) is 10.8. The second-order valence-corrected chi connectivity index (χ2v) is 6.32. The Morgan fingerprint density at radius 2 is 2.00 bits per heavy atom. The van der Waals surface area contributed by atoms with E-state index in [9.17, 15) is 9.90 Å². The van der Waals surface area contributed by atoms with E-state index >= 15 is 0 Å². The number of rotatable bonds is 1. The van der Waals surface area contributed by atoms with Crippen molar-refractivity contribution in [2.75, 3.05) is 7.05 Å². The van der Waals surface area contributed by atoms with Gasteiger partial charge in [-0.25, -0.2) is 0 Å². The second kappa shape index (κ2) is 3.70. The van der Waals surface area contributed by atoms with Crippen LogP contribution in [0.4, 0.5) is 4.79 Å². The summed E-state index contributed by atoms with van der Waals surface area (Å²) >= 11 is 4.70. The molecule has 2 unspecified atom stereocenters. The highest BCUT2D eigenvalue weighted by Gasteiger charge is 2.47. The summed E-state index contributed by atoms with van der Waals surface area (Å²) in [5, 5.41) is 10.2. The van der Waals surface area contributed by atoms with Crippen molar-refractivity contribution < 1.29 is 9.90 Å². The highest BCUT2D eigenvalue weighted by molar-refractivity contribution is 8.32. The zero-order chi connectivity index (χ0) is 10.3. The summed E-state index contributed by atoms with van der Waals surface area (Å²) in [4.78, 5) is 12.4. The summed E-state index contributed by atoms with van der Waals surface area (Å²) in [6.45, 7) is 0. The second-order valence-electron chi connectivity index (χ2n) is 4.27. The van der Waals surface area contributed by atoms with E-state index in [4.69, 9.17) is 0 Å². The van der Waals surface area contributed by atoms with Crippen LogP contribution in [0, 0.1) is 0 Å². The largest absolute Gasteiger partial charge is 0.379 e. The average molecular weight is 233 g/mol. The minimum atomic E-state index is -0.864. The molecular formula is C9H15NO2S2. The van der Waals surface area contributed by atoms with Gasteiger partial charge in [-0.1, -0.05) is 12.6 Å². The van der Waals surface area contributed by atoms with Gasteiger partial charge in [0, 0.05) is 24.9 Å². The summed E-state index contributed by atoms with van der Waals surface area (Å²) in [6.07, 6.45) is 3.67. The molecule has 0 aromatic rings. The Labute approximate surface area is 93.6 Å². The maximum Gasteiger partial charge on any atom is 0.245 e. The van der Waals surface area contributed by atoms with Crippen molar-refractivity contribution >= 4 is 28.8 Å². The standard InChI is InChI=1S/C9H15NO2S2/c1-10-6-2-3-7(10)5-9(12,4-6)14-8(11)13/h6-7,12H,2-5H2,1H3,(H,11,13). The molecule has 14 heavy (non-hydrogen) atoms.